The molecule has 0 bridgehead atoms. The van der Waals surface area contributed by atoms with Gasteiger partial charge in [0.25, 0.3) is 0 Å². The fourth-order valence-corrected chi connectivity index (χ4v) is 3.97. The third-order valence-corrected chi connectivity index (χ3v) is 5.41. The van der Waals surface area contributed by atoms with Gasteiger partial charge in [-0.15, -0.1) is 10.2 Å². The molecule has 0 saturated carbocycles. The molecular formula is C16H24N4O4S. The van der Waals surface area contributed by atoms with Gasteiger partial charge in [-0.1, -0.05) is 18.3 Å². The summed E-state index contributed by atoms with van der Waals surface area (Å²) in [6.45, 7) is 7.36. The van der Waals surface area contributed by atoms with Crippen LogP contribution in [0.5, 0.6) is 0 Å². The van der Waals surface area contributed by atoms with Crippen LogP contribution in [0.15, 0.2) is 0 Å². The number of carbonyl (C=O) groups is 2. The molecule has 1 atom stereocenters. The molecule has 2 saturated heterocycles. The van der Waals surface area contributed by atoms with Crippen molar-refractivity contribution < 1.29 is 19.1 Å². The number of carbonyl (C=O) groups excluding carboxylic acids is 2. The van der Waals surface area contributed by atoms with E-state index in [1.54, 1.807) is 16.8 Å². The summed E-state index contributed by atoms with van der Waals surface area (Å²) in [6.07, 6.45) is 0.219. The number of hydrogen-bond acceptors (Lipinski definition) is 7. The van der Waals surface area contributed by atoms with Crippen LogP contribution in [0, 0.1) is 11.3 Å². The van der Waals surface area contributed by atoms with E-state index in [1.165, 1.54) is 11.3 Å². The Bertz CT molecular complexity index is 646. The predicted octanol–water partition coefficient (Wildman–Crippen LogP) is 0.922. The number of ether oxygens (including phenoxy) is 2. The number of amides is 2. The van der Waals surface area contributed by atoms with Crippen LogP contribution in [0.3, 0.4) is 0 Å². The van der Waals surface area contributed by atoms with Gasteiger partial charge in [0, 0.05) is 38.6 Å². The van der Waals surface area contributed by atoms with Crippen LogP contribution in [0.1, 0.15) is 25.3 Å². The van der Waals surface area contributed by atoms with E-state index in [4.69, 9.17) is 9.47 Å². The van der Waals surface area contributed by atoms with Crippen molar-refractivity contribution in [2.24, 2.45) is 11.3 Å². The Morgan fingerprint density at radius 2 is 2.24 bits per heavy atom. The normalized spacial score (nSPS) is 22.1. The molecule has 1 aromatic rings. The average Bonchev–Trinajstić information content (AvgIpc) is 3.16. The summed E-state index contributed by atoms with van der Waals surface area (Å²) in [5.41, 5.74) is 0.0279. The summed E-state index contributed by atoms with van der Waals surface area (Å²) < 4.78 is 10.6. The SMILES string of the molecule is CCOCc1nnc(N2CC(C(=O)N(C)CC3(C)COC3)CC2=O)s1. The van der Waals surface area contributed by atoms with Crippen LogP contribution in [0.4, 0.5) is 5.13 Å². The molecule has 25 heavy (non-hydrogen) atoms. The lowest BCUT2D eigenvalue weighted by molar-refractivity contribution is -0.145. The summed E-state index contributed by atoms with van der Waals surface area (Å²) >= 11 is 1.34. The first-order valence-corrected chi connectivity index (χ1v) is 9.27. The minimum Gasteiger partial charge on any atom is -0.380 e. The molecule has 8 nitrogen and oxygen atoms in total. The van der Waals surface area contributed by atoms with Gasteiger partial charge in [-0.25, -0.2) is 0 Å². The molecule has 9 heteroatoms. The van der Waals surface area contributed by atoms with Gasteiger partial charge < -0.3 is 14.4 Å². The standard InChI is InChI=1S/C16H24N4O4S/c1-4-23-7-12-17-18-15(25-12)20-6-11(5-13(20)21)14(22)19(3)8-16(2)9-24-10-16/h11H,4-10H2,1-3H3. The highest BCUT2D eigenvalue weighted by molar-refractivity contribution is 7.15. The minimum absolute atomic E-state index is 0.00281. The van der Waals surface area contributed by atoms with Crippen molar-refractivity contribution >= 4 is 28.3 Å². The van der Waals surface area contributed by atoms with Crippen LogP contribution in [-0.2, 0) is 25.7 Å². The molecule has 2 amide bonds. The van der Waals surface area contributed by atoms with Crippen molar-refractivity contribution in [1.29, 1.82) is 0 Å². The molecule has 0 N–H and O–H groups in total. The Morgan fingerprint density at radius 1 is 1.48 bits per heavy atom. The fraction of sp³-hybridized carbons (Fsp3) is 0.750. The van der Waals surface area contributed by atoms with Gasteiger partial charge in [0.05, 0.1) is 19.1 Å². The van der Waals surface area contributed by atoms with Gasteiger partial charge in [0.15, 0.2) is 0 Å². The first kappa shape index (κ1) is 18.2. The van der Waals surface area contributed by atoms with Gasteiger partial charge >= 0.3 is 0 Å². The highest BCUT2D eigenvalue weighted by Gasteiger charge is 2.41. The van der Waals surface area contributed by atoms with Crippen LogP contribution >= 0.6 is 11.3 Å². The lowest BCUT2D eigenvalue weighted by Gasteiger charge is -2.41. The van der Waals surface area contributed by atoms with Crippen LogP contribution in [0.25, 0.3) is 0 Å². The fourth-order valence-electron chi connectivity index (χ4n) is 3.16. The van der Waals surface area contributed by atoms with Crippen molar-refractivity contribution in [3.8, 4) is 0 Å². The van der Waals surface area contributed by atoms with Crippen LogP contribution < -0.4 is 4.90 Å². The van der Waals surface area contributed by atoms with E-state index in [1.807, 2.05) is 6.92 Å². The summed E-state index contributed by atoms with van der Waals surface area (Å²) in [5, 5.41) is 9.39. The molecule has 3 rings (SSSR count). The Morgan fingerprint density at radius 3 is 2.88 bits per heavy atom. The predicted molar refractivity (Wildman–Crippen MR) is 92.3 cm³/mol. The first-order valence-electron chi connectivity index (χ1n) is 8.45. The summed E-state index contributed by atoms with van der Waals surface area (Å²) in [4.78, 5) is 28.3. The molecule has 2 aliphatic heterocycles. The maximum Gasteiger partial charge on any atom is 0.229 e. The quantitative estimate of drug-likeness (QED) is 0.712. The highest BCUT2D eigenvalue weighted by atomic mass is 32.1. The molecule has 1 unspecified atom stereocenters. The zero-order valence-electron chi connectivity index (χ0n) is 14.9. The van der Waals surface area contributed by atoms with Crippen LogP contribution in [-0.4, -0.2) is 66.9 Å². The smallest absolute Gasteiger partial charge is 0.229 e. The minimum atomic E-state index is -0.332. The van der Waals surface area contributed by atoms with Gasteiger partial charge in [-0.2, -0.15) is 0 Å². The molecule has 2 aliphatic rings. The van der Waals surface area contributed by atoms with E-state index in [-0.39, 0.29) is 29.6 Å². The zero-order chi connectivity index (χ0) is 18.0. The molecule has 0 aliphatic carbocycles. The maximum absolute atomic E-state index is 12.7. The lowest BCUT2D eigenvalue weighted by Crippen LogP contribution is -2.50. The molecule has 0 spiro atoms. The Labute approximate surface area is 151 Å². The first-order chi connectivity index (χ1) is 11.9. The number of anilines is 1. The Balaban J connectivity index is 1.59. The maximum atomic E-state index is 12.7. The van der Waals surface area contributed by atoms with E-state index >= 15 is 0 Å². The molecule has 0 radical (unpaired) electrons. The molecule has 0 aromatic carbocycles. The van der Waals surface area contributed by atoms with Gasteiger partial charge in [0.2, 0.25) is 16.9 Å². The molecule has 138 valence electrons. The lowest BCUT2D eigenvalue weighted by atomic mass is 9.88. The topological polar surface area (TPSA) is 84.9 Å². The zero-order valence-corrected chi connectivity index (χ0v) is 15.7. The van der Waals surface area contributed by atoms with E-state index in [0.29, 0.717) is 44.6 Å². The van der Waals surface area contributed by atoms with Crippen molar-refractivity contribution in [3.05, 3.63) is 5.01 Å². The second-order valence-electron chi connectivity index (χ2n) is 7.02. The van der Waals surface area contributed by atoms with Gasteiger partial charge in [-0.05, 0) is 6.92 Å². The summed E-state index contributed by atoms with van der Waals surface area (Å²) in [7, 11) is 1.80. The van der Waals surface area contributed by atoms with Crippen molar-refractivity contribution in [2.45, 2.75) is 26.9 Å². The molecule has 3 heterocycles. The second-order valence-corrected chi connectivity index (χ2v) is 8.06. The monoisotopic (exact) mass is 368 g/mol. The molecule has 1 aromatic heterocycles. The molecular weight excluding hydrogens is 344 g/mol. The number of hydrogen-bond donors (Lipinski definition) is 0. The van der Waals surface area contributed by atoms with Gasteiger partial charge in [-0.3, -0.25) is 14.5 Å². The second kappa shape index (κ2) is 7.35. The highest BCUT2D eigenvalue weighted by Crippen LogP contribution is 2.31. The van der Waals surface area contributed by atoms with Crippen molar-refractivity contribution in [2.75, 3.05) is 44.9 Å². The average molecular weight is 368 g/mol. The van der Waals surface area contributed by atoms with E-state index < -0.39 is 0 Å². The largest absolute Gasteiger partial charge is 0.380 e. The number of nitrogens with zero attached hydrogens (tertiary/aromatic N) is 4. The summed E-state index contributed by atoms with van der Waals surface area (Å²) in [6, 6.07) is 0. The summed E-state index contributed by atoms with van der Waals surface area (Å²) in [5.74, 6) is -0.409. The van der Waals surface area contributed by atoms with E-state index in [9.17, 15) is 9.59 Å². The Kier molecular flexibility index (Phi) is 5.35. The van der Waals surface area contributed by atoms with E-state index in [0.717, 1.165) is 5.01 Å². The van der Waals surface area contributed by atoms with Gasteiger partial charge in [0.1, 0.15) is 11.6 Å². The van der Waals surface area contributed by atoms with Crippen molar-refractivity contribution in [1.82, 2.24) is 15.1 Å². The van der Waals surface area contributed by atoms with Crippen molar-refractivity contribution in [3.63, 3.8) is 0 Å². The number of aromatic nitrogens is 2. The third-order valence-electron chi connectivity index (χ3n) is 4.49. The molecule has 2 fully saturated rings. The Hall–Kier alpha value is -1.58. The van der Waals surface area contributed by atoms with E-state index in [2.05, 4.69) is 17.1 Å². The van der Waals surface area contributed by atoms with Crippen LogP contribution in [0.2, 0.25) is 0 Å². The third kappa shape index (κ3) is 3.99. The number of rotatable bonds is 7.